The largest absolute Gasteiger partial charge is 0.405 e. The molecular formula is C23H32O3Si. The third-order valence-electron chi connectivity index (χ3n) is 5.68. The van der Waals surface area contributed by atoms with Gasteiger partial charge in [-0.2, -0.15) is 0 Å². The summed E-state index contributed by atoms with van der Waals surface area (Å²) in [6, 6.07) is 20.9. The van der Waals surface area contributed by atoms with E-state index >= 15 is 0 Å². The molecule has 1 atom stereocenters. The van der Waals surface area contributed by atoms with Crippen LogP contribution >= 0.6 is 0 Å². The molecule has 0 aromatic heterocycles. The Hall–Kier alpha value is -1.46. The van der Waals surface area contributed by atoms with E-state index in [4.69, 9.17) is 4.43 Å². The van der Waals surface area contributed by atoms with Gasteiger partial charge in [-0.25, -0.2) is 0 Å². The van der Waals surface area contributed by atoms with Crippen LogP contribution < -0.4 is 10.4 Å². The first kappa shape index (κ1) is 20.3. The van der Waals surface area contributed by atoms with Gasteiger partial charge in [-0.3, -0.25) is 0 Å². The molecular weight excluding hydrogens is 352 g/mol. The molecule has 0 saturated heterocycles. The lowest BCUT2D eigenvalue weighted by molar-refractivity contribution is 0.0664. The van der Waals surface area contributed by atoms with Crippen LogP contribution in [0, 0.1) is 0 Å². The molecule has 0 unspecified atom stereocenters. The fraction of sp³-hybridized carbons (Fsp3) is 0.478. The smallest absolute Gasteiger partial charge is 0.261 e. The summed E-state index contributed by atoms with van der Waals surface area (Å²) >= 11 is 0. The maximum atomic E-state index is 10.5. The van der Waals surface area contributed by atoms with E-state index in [0.29, 0.717) is 19.4 Å². The predicted molar refractivity (Wildman–Crippen MR) is 113 cm³/mol. The van der Waals surface area contributed by atoms with Gasteiger partial charge in [0, 0.05) is 0 Å². The summed E-state index contributed by atoms with van der Waals surface area (Å²) in [6.07, 6.45) is 2.38. The summed E-state index contributed by atoms with van der Waals surface area (Å²) in [5, 5.41) is 22.9. The molecule has 146 valence electrons. The summed E-state index contributed by atoms with van der Waals surface area (Å²) in [5.74, 6) is 0. The molecule has 0 aliphatic heterocycles. The van der Waals surface area contributed by atoms with E-state index in [2.05, 4.69) is 69.3 Å². The molecule has 2 aromatic rings. The zero-order valence-electron chi connectivity index (χ0n) is 16.7. The molecule has 1 saturated carbocycles. The number of rotatable bonds is 8. The lowest BCUT2D eigenvalue weighted by atomic mass is 10.1. The molecule has 0 radical (unpaired) electrons. The Bertz CT molecular complexity index is 681. The van der Waals surface area contributed by atoms with Crippen molar-refractivity contribution >= 4 is 18.7 Å². The second kappa shape index (κ2) is 7.88. The maximum absolute atomic E-state index is 10.5. The van der Waals surface area contributed by atoms with Crippen LogP contribution in [-0.4, -0.2) is 36.8 Å². The SMILES string of the molecule is CC(C)(C)[Si](OC[C@H](O)CCC1(O)CC1)(c1ccccc1)c1ccccc1. The summed E-state index contributed by atoms with van der Waals surface area (Å²) in [7, 11) is -2.59. The van der Waals surface area contributed by atoms with Crippen LogP contribution in [0.25, 0.3) is 0 Å². The number of aliphatic hydroxyl groups excluding tert-OH is 1. The Morgan fingerprint density at radius 2 is 1.44 bits per heavy atom. The second-order valence-electron chi connectivity index (χ2n) is 8.89. The highest BCUT2D eigenvalue weighted by molar-refractivity contribution is 6.99. The van der Waals surface area contributed by atoms with Crippen LogP contribution in [0.1, 0.15) is 46.5 Å². The molecule has 0 spiro atoms. The van der Waals surface area contributed by atoms with Crippen LogP contribution in [0.4, 0.5) is 0 Å². The standard InChI is InChI=1S/C23H32O3Si/c1-22(2,3)27(20-10-6-4-7-11-20,21-12-8-5-9-13-21)26-18-19(24)14-15-23(25)16-17-23/h4-13,19,24-25H,14-18H2,1-3H3/t19-/m1/s1. The van der Waals surface area contributed by atoms with Gasteiger partial charge in [0.15, 0.2) is 0 Å². The van der Waals surface area contributed by atoms with E-state index in [9.17, 15) is 10.2 Å². The number of hydrogen-bond acceptors (Lipinski definition) is 3. The second-order valence-corrected chi connectivity index (χ2v) is 13.2. The van der Waals surface area contributed by atoms with Crippen molar-refractivity contribution in [2.75, 3.05) is 6.61 Å². The highest BCUT2D eigenvalue weighted by Crippen LogP contribution is 2.40. The minimum Gasteiger partial charge on any atom is -0.405 e. The molecule has 1 aliphatic rings. The molecule has 0 heterocycles. The fourth-order valence-corrected chi connectivity index (χ4v) is 8.49. The van der Waals surface area contributed by atoms with Gasteiger partial charge in [-0.1, -0.05) is 81.4 Å². The molecule has 27 heavy (non-hydrogen) atoms. The predicted octanol–water partition coefficient (Wildman–Crippen LogP) is 3.23. The average molecular weight is 385 g/mol. The Morgan fingerprint density at radius 3 is 1.85 bits per heavy atom. The van der Waals surface area contributed by atoms with Gasteiger partial charge >= 0.3 is 0 Å². The third-order valence-corrected chi connectivity index (χ3v) is 10.7. The van der Waals surface area contributed by atoms with Crippen molar-refractivity contribution in [1.29, 1.82) is 0 Å². The number of hydrogen-bond donors (Lipinski definition) is 2. The Labute approximate surface area is 164 Å². The van der Waals surface area contributed by atoms with Crippen molar-refractivity contribution in [1.82, 2.24) is 0 Å². The van der Waals surface area contributed by atoms with E-state index in [1.165, 1.54) is 10.4 Å². The van der Waals surface area contributed by atoms with Crippen molar-refractivity contribution in [2.45, 2.75) is 63.2 Å². The first-order valence-electron chi connectivity index (χ1n) is 9.92. The monoisotopic (exact) mass is 384 g/mol. The molecule has 3 nitrogen and oxygen atoms in total. The van der Waals surface area contributed by atoms with Crippen molar-refractivity contribution in [3.05, 3.63) is 60.7 Å². The molecule has 3 rings (SSSR count). The number of aliphatic hydroxyl groups is 2. The van der Waals surface area contributed by atoms with Gasteiger partial charge in [0.2, 0.25) is 0 Å². The Balaban J connectivity index is 1.89. The summed E-state index contributed by atoms with van der Waals surface area (Å²) in [6.45, 7) is 7.00. The van der Waals surface area contributed by atoms with Crippen LogP contribution in [0.5, 0.6) is 0 Å². The zero-order chi connectivity index (χ0) is 19.5. The van der Waals surface area contributed by atoms with Crippen molar-refractivity contribution < 1.29 is 14.6 Å². The van der Waals surface area contributed by atoms with Gasteiger partial charge in [-0.15, -0.1) is 0 Å². The number of benzene rings is 2. The highest BCUT2D eigenvalue weighted by Gasteiger charge is 2.50. The molecule has 2 N–H and O–H groups in total. The molecule has 0 bridgehead atoms. The highest BCUT2D eigenvalue weighted by atomic mass is 28.4. The van der Waals surface area contributed by atoms with Crippen molar-refractivity contribution in [3.8, 4) is 0 Å². The molecule has 1 fully saturated rings. The first-order valence-corrected chi connectivity index (χ1v) is 11.8. The minimum absolute atomic E-state index is 0.0931. The summed E-state index contributed by atoms with van der Waals surface area (Å²) in [4.78, 5) is 0. The molecule has 2 aromatic carbocycles. The first-order chi connectivity index (χ1) is 12.8. The zero-order valence-corrected chi connectivity index (χ0v) is 17.7. The minimum atomic E-state index is -2.59. The van der Waals surface area contributed by atoms with Crippen molar-refractivity contribution in [3.63, 3.8) is 0 Å². The summed E-state index contributed by atoms with van der Waals surface area (Å²) < 4.78 is 6.72. The Morgan fingerprint density at radius 1 is 0.963 bits per heavy atom. The van der Waals surface area contributed by atoms with Crippen LogP contribution in [0.15, 0.2) is 60.7 Å². The van der Waals surface area contributed by atoms with Crippen LogP contribution in [0.2, 0.25) is 5.04 Å². The summed E-state index contributed by atoms with van der Waals surface area (Å²) in [5.41, 5.74) is -0.529. The average Bonchev–Trinajstić information content (AvgIpc) is 3.39. The molecule has 1 aliphatic carbocycles. The van der Waals surface area contributed by atoms with Gasteiger partial charge in [0.25, 0.3) is 8.32 Å². The molecule has 4 heteroatoms. The lowest BCUT2D eigenvalue weighted by Crippen LogP contribution is -2.67. The van der Waals surface area contributed by atoms with E-state index in [1.807, 2.05) is 12.1 Å². The lowest BCUT2D eigenvalue weighted by Gasteiger charge is -2.43. The van der Waals surface area contributed by atoms with Gasteiger partial charge in [-0.05, 0) is 41.1 Å². The Kier molecular flexibility index (Phi) is 5.92. The van der Waals surface area contributed by atoms with Gasteiger partial charge < -0.3 is 14.6 Å². The van der Waals surface area contributed by atoms with Crippen LogP contribution in [-0.2, 0) is 4.43 Å². The third kappa shape index (κ3) is 4.52. The van der Waals surface area contributed by atoms with Crippen molar-refractivity contribution in [2.24, 2.45) is 0 Å². The fourth-order valence-electron chi connectivity index (χ4n) is 3.90. The normalized spacial score (nSPS) is 17.5. The van der Waals surface area contributed by atoms with E-state index in [0.717, 1.165) is 12.8 Å². The van der Waals surface area contributed by atoms with E-state index < -0.39 is 20.0 Å². The topological polar surface area (TPSA) is 49.7 Å². The quantitative estimate of drug-likeness (QED) is 0.687. The van der Waals surface area contributed by atoms with E-state index in [-0.39, 0.29) is 5.04 Å². The van der Waals surface area contributed by atoms with E-state index in [1.54, 1.807) is 0 Å². The maximum Gasteiger partial charge on any atom is 0.261 e. The molecule has 0 amide bonds. The van der Waals surface area contributed by atoms with Gasteiger partial charge in [0.05, 0.1) is 18.3 Å². The van der Waals surface area contributed by atoms with Crippen LogP contribution in [0.3, 0.4) is 0 Å². The van der Waals surface area contributed by atoms with Gasteiger partial charge in [0.1, 0.15) is 0 Å².